The van der Waals surface area contributed by atoms with Crippen molar-refractivity contribution in [2.45, 2.75) is 33.2 Å². The highest BCUT2D eigenvalue weighted by Crippen LogP contribution is 2.10. The highest BCUT2D eigenvalue weighted by Gasteiger charge is 2.06. The molecule has 0 saturated heterocycles. The van der Waals surface area contributed by atoms with Crippen LogP contribution in [-0.2, 0) is 6.54 Å². The third-order valence-corrected chi connectivity index (χ3v) is 4.45. The van der Waals surface area contributed by atoms with E-state index in [4.69, 9.17) is 5.73 Å². The van der Waals surface area contributed by atoms with Crippen molar-refractivity contribution >= 4 is 5.69 Å². The van der Waals surface area contributed by atoms with Gasteiger partial charge in [-0.05, 0) is 59.5 Å². The Labute approximate surface area is 172 Å². The Hall–Kier alpha value is -1.95. The van der Waals surface area contributed by atoms with E-state index in [1.807, 2.05) is 24.4 Å². The Morgan fingerprint density at radius 2 is 1.96 bits per heavy atom. The molecule has 5 nitrogen and oxygen atoms in total. The number of anilines is 1. The number of hydrogen-bond donors (Lipinski definition) is 2. The second-order valence-corrected chi connectivity index (χ2v) is 7.57. The maximum Gasteiger partial charge on any atom is 0.0564 e. The van der Waals surface area contributed by atoms with Crippen molar-refractivity contribution in [1.29, 1.82) is 0 Å². The van der Waals surface area contributed by atoms with Crippen LogP contribution in [0.2, 0.25) is 0 Å². The second-order valence-electron chi connectivity index (χ2n) is 7.57. The molecule has 0 unspecified atom stereocenters. The van der Waals surface area contributed by atoms with E-state index >= 15 is 0 Å². The van der Waals surface area contributed by atoms with Gasteiger partial charge in [-0.2, -0.15) is 0 Å². The van der Waals surface area contributed by atoms with Gasteiger partial charge in [-0.3, -0.25) is 9.88 Å². The van der Waals surface area contributed by atoms with Gasteiger partial charge in [0.05, 0.1) is 5.69 Å². The number of allylic oxidation sites excluding steroid dienone is 4. The summed E-state index contributed by atoms with van der Waals surface area (Å²) in [6.07, 6.45) is 10.1. The van der Waals surface area contributed by atoms with Crippen LogP contribution in [0, 0.1) is 0 Å². The van der Waals surface area contributed by atoms with Crippen LogP contribution >= 0.6 is 0 Å². The van der Waals surface area contributed by atoms with Gasteiger partial charge >= 0.3 is 0 Å². The smallest absolute Gasteiger partial charge is 0.0564 e. The van der Waals surface area contributed by atoms with Gasteiger partial charge in [-0.1, -0.05) is 36.0 Å². The molecule has 0 aromatic carbocycles. The number of hydrogen-bond acceptors (Lipinski definition) is 5. The number of nitrogens with one attached hydrogen (secondary N) is 1. The molecule has 5 heteroatoms. The molecule has 156 valence electrons. The molecule has 0 saturated carbocycles. The molecular weight excluding hydrogens is 346 g/mol. The summed E-state index contributed by atoms with van der Waals surface area (Å²) in [6.45, 7) is 13.6. The number of nitrogens with zero attached hydrogens (tertiary/aromatic N) is 3. The van der Waals surface area contributed by atoms with Crippen LogP contribution < -0.4 is 11.1 Å². The molecule has 3 N–H and O–H groups in total. The van der Waals surface area contributed by atoms with E-state index in [-0.39, 0.29) is 0 Å². The molecule has 1 rings (SSSR count). The second kappa shape index (κ2) is 14.1. The third-order valence-electron chi connectivity index (χ3n) is 4.45. The molecule has 1 aromatic rings. The maximum atomic E-state index is 5.54. The summed E-state index contributed by atoms with van der Waals surface area (Å²) >= 11 is 0. The van der Waals surface area contributed by atoms with Crippen LogP contribution in [0.5, 0.6) is 0 Å². The first-order valence-corrected chi connectivity index (χ1v) is 10.2. The Balaban J connectivity index is 2.40. The summed E-state index contributed by atoms with van der Waals surface area (Å²) in [4.78, 5) is 9.18. The predicted octanol–water partition coefficient (Wildman–Crippen LogP) is 3.67. The molecule has 0 aliphatic rings. The Kier molecular flexibility index (Phi) is 12.1. The molecule has 0 aliphatic carbocycles. The minimum absolute atomic E-state index is 0.753. The average molecular weight is 386 g/mol. The summed E-state index contributed by atoms with van der Waals surface area (Å²) in [5, 5.41) is 3.45. The van der Waals surface area contributed by atoms with Crippen LogP contribution in [0.1, 0.15) is 32.4 Å². The van der Waals surface area contributed by atoms with E-state index in [1.165, 1.54) is 11.1 Å². The first kappa shape index (κ1) is 24.1. The molecule has 0 spiro atoms. The first-order chi connectivity index (χ1) is 13.4. The SMILES string of the molecule is C=C/C=C(C)\C=C(/C)CN(C)CCN(C)Cc1cc(NCCCCN)ccn1. The predicted molar refractivity (Wildman–Crippen MR) is 123 cm³/mol. The summed E-state index contributed by atoms with van der Waals surface area (Å²) in [6, 6.07) is 4.17. The number of nitrogens with two attached hydrogens (primary N) is 1. The van der Waals surface area contributed by atoms with Crippen LogP contribution in [0.15, 0.2) is 54.3 Å². The van der Waals surface area contributed by atoms with Gasteiger partial charge in [0.1, 0.15) is 0 Å². The minimum Gasteiger partial charge on any atom is -0.385 e. The average Bonchev–Trinajstić information content (AvgIpc) is 2.64. The monoisotopic (exact) mass is 385 g/mol. The zero-order valence-electron chi connectivity index (χ0n) is 18.2. The number of unbranched alkanes of at least 4 members (excludes halogenated alkanes) is 1. The quantitative estimate of drug-likeness (QED) is 0.378. The molecule has 1 heterocycles. The Morgan fingerprint density at radius 3 is 2.68 bits per heavy atom. The fraction of sp³-hybridized carbons (Fsp3) is 0.522. The number of rotatable bonds is 14. The highest BCUT2D eigenvalue weighted by molar-refractivity contribution is 5.43. The van der Waals surface area contributed by atoms with Gasteiger partial charge in [0.25, 0.3) is 0 Å². The van der Waals surface area contributed by atoms with Crippen molar-refractivity contribution in [3.63, 3.8) is 0 Å². The molecule has 0 bridgehead atoms. The third kappa shape index (κ3) is 11.0. The number of pyridine rings is 1. The topological polar surface area (TPSA) is 57.4 Å². The first-order valence-electron chi connectivity index (χ1n) is 10.2. The summed E-state index contributed by atoms with van der Waals surface area (Å²) in [5.41, 5.74) is 10.4. The van der Waals surface area contributed by atoms with Crippen LogP contribution in [0.25, 0.3) is 0 Å². The van der Waals surface area contributed by atoms with Crippen LogP contribution in [-0.4, -0.2) is 61.6 Å². The van der Waals surface area contributed by atoms with Gasteiger partial charge in [-0.25, -0.2) is 0 Å². The van der Waals surface area contributed by atoms with E-state index in [0.29, 0.717) is 0 Å². The van der Waals surface area contributed by atoms with Crippen molar-refractivity contribution in [2.24, 2.45) is 5.73 Å². The van der Waals surface area contributed by atoms with E-state index in [2.05, 4.69) is 66.8 Å². The van der Waals surface area contributed by atoms with Gasteiger partial charge < -0.3 is 16.0 Å². The molecule has 0 aliphatic heterocycles. The van der Waals surface area contributed by atoms with Gasteiger partial charge in [0.15, 0.2) is 0 Å². The fourth-order valence-electron chi connectivity index (χ4n) is 3.05. The van der Waals surface area contributed by atoms with Gasteiger partial charge in [-0.15, -0.1) is 0 Å². The fourth-order valence-corrected chi connectivity index (χ4v) is 3.05. The zero-order chi connectivity index (χ0) is 20.8. The molecule has 0 fully saturated rings. The zero-order valence-corrected chi connectivity index (χ0v) is 18.2. The van der Waals surface area contributed by atoms with Crippen LogP contribution in [0.3, 0.4) is 0 Å². The van der Waals surface area contributed by atoms with E-state index in [1.54, 1.807) is 0 Å². The van der Waals surface area contributed by atoms with E-state index in [0.717, 1.165) is 63.5 Å². The standard InChI is InChI=1S/C23H39N5/c1-6-9-20(2)16-21(3)18-27(4)14-15-28(5)19-23-17-22(10-13-26-23)25-12-8-7-11-24/h6,9-10,13,16-17H,1,7-8,11-12,14-15,18-19,24H2,2-5H3,(H,25,26)/b20-9-,21-16+. The molecular formula is C23H39N5. The lowest BCUT2D eigenvalue weighted by molar-refractivity contribution is 0.260. The van der Waals surface area contributed by atoms with E-state index < -0.39 is 0 Å². The van der Waals surface area contributed by atoms with Gasteiger partial charge in [0.2, 0.25) is 0 Å². The van der Waals surface area contributed by atoms with E-state index in [9.17, 15) is 0 Å². The van der Waals surface area contributed by atoms with Crippen molar-refractivity contribution in [1.82, 2.24) is 14.8 Å². The lowest BCUT2D eigenvalue weighted by atomic mass is 10.1. The van der Waals surface area contributed by atoms with Crippen molar-refractivity contribution in [3.8, 4) is 0 Å². The van der Waals surface area contributed by atoms with Crippen LogP contribution in [0.4, 0.5) is 5.69 Å². The highest BCUT2D eigenvalue weighted by atomic mass is 15.2. The normalized spacial score (nSPS) is 12.7. The summed E-state index contributed by atoms with van der Waals surface area (Å²) in [5.74, 6) is 0. The maximum absolute atomic E-state index is 5.54. The van der Waals surface area contributed by atoms with Crippen molar-refractivity contribution in [2.75, 3.05) is 52.1 Å². The number of likely N-dealkylation sites (N-methyl/N-ethyl adjacent to an activating group) is 2. The minimum atomic E-state index is 0.753. The summed E-state index contributed by atoms with van der Waals surface area (Å²) < 4.78 is 0. The molecule has 1 aromatic heterocycles. The molecule has 0 amide bonds. The Morgan fingerprint density at radius 1 is 1.21 bits per heavy atom. The Bertz CT molecular complexity index is 636. The largest absolute Gasteiger partial charge is 0.385 e. The van der Waals surface area contributed by atoms with Gasteiger partial charge in [0, 0.05) is 44.6 Å². The lowest BCUT2D eigenvalue weighted by Gasteiger charge is -2.22. The summed E-state index contributed by atoms with van der Waals surface area (Å²) in [7, 11) is 4.32. The lowest BCUT2D eigenvalue weighted by Crippen LogP contribution is -2.31. The molecule has 28 heavy (non-hydrogen) atoms. The van der Waals surface area contributed by atoms with Crippen molar-refractivity contribution in [3.05, 3.63) is 60.0 Å². The van der Waals surface area contributed by atoms with Crippen molar-refractivity contribution < 1.29 is 0 Å². The molecule has 0 atom stereocenters. The molecule has 0 radical (unpaired) electrons. The number of aromatic nitrogens is 1.